The van der Waals surface area contributed by atoms with Gasteiger partial charge in [-0.1, -0.05) is 197 Å². The van der Waals surface area contributed by atoms with Gasteiger partial charge in [-0.3, -0.25) is 23.2 Å². The molecule has 0 bridgehead atoms. The molecule has 0 aromatic carbocycles. The van der Waals surface area contributed by atoms with E-state index in [-0.39, 0.29) is 12.8 Å². The van der Waals surface area contributed by atoms with Crippen molar-refractivity contribution < 1.29 is 66.3 Å². The minimum Gasteiger partial charge on any atom is -0.462 e. The van der Waals surface area contributed by atoms with Crippen molar-refractivity contribution in [3.63, 3.8) is 0 Å². The molecule has 1 rings (SSSR count). The highest BCUT2D eigenvalue weighted by molar-refractivity contribution is 7.47. The van der Waals surface area contributed by atoms with Crippen molar-refractivity contribution in [1.29, 1.82) is 0 Å². The van der Waals surface area contributed by atoms with Gasteiger partial charge in [0, 0.05) is 12.8 Å². The Bertz CT molecular complexity index is 1510. The van der Waals surface area contributed by atoms with Crippen LogP contribution in [0.2, 0.25) is 0 Å². The fourth-order valence-corrected chi connectivity index (χ4v) is 8.40. The Morgan fingerprint density at radius 3 is 1.49 bits per heavy atom. The fourth-order valence-electron chi connectivity index (χ4n) is 7.25. The van der Waals surface area contributed by atoms with E-state index in [0.29, 0.717) is 31.5 Å². The molecule has 1 saturated heterocycles. The van der Waals surface area contributed by atoms with Crippen LogP contribution in [0.25, 0.3) is 0 Å². The lowest BCUT2D eigenvalue weighted by Crippen LogP contribution is -2.29. The van der Waals surface area contributed by atoms with Crippen molar-refractivity contribution in [3.05, 3.63) is 60.8 Å². The normalized spacial score (nSPS) is 17.4. The number of aliphatic hydroxyl groups is 1. The van der Waals surface area contributed by atoms with Crippen LogP contribution in [0.1, 0.15) is 201 Å². The molecule has 394 valence electrons. The van der Waals surface area contributed by atoms with Gasteiger partial charge < -0.3 is 34.0 Å². The highest BCUT2D eigenvalue weighted by Gasteiger charge is 2.36. The third-order valence-corrected chi connectivity index (χ3v) is 12.7. The van der Waals surface area contributed by atoms with Gasteiger partial charge in [0.05, 0.1) is 32.0 Å². The highest BCUT2D eigenvalue weighted by Crippen LogP contribution is 2.44. The summed E-state index contributed by atoms with van der Waals surface area (Å²) in [6.45, 7) is 3.94. The lowest BCUT2D eigenvalue weighted by atomic mass is 10.0. The number of epoxide rings is 1. The molecule has 0 amide bonds. The third kappa shape index (κ3) is 43.8. The van der Waals surface area contributed by atoms with Crippen molar-refractivity contribution >= 4 is 27.6 Å². The summed E-state index contributed by atoms with van der Waals surface area (Å²) < 4.78 is 53.6. The Morgan fingerprint density at radius 1 is 0.544 bits per heavy atom. The maximum absolute atomic E-state index is 12.7. The largest absolute Gasteiger partial charge is 0.472 e. The number of ether oxygens (including phenoxy) is 3. The number of phosphoric acid groups is 2. The molecule has 0 saturated carbocycles. The number of phosphoric ester groups is 2. The average molecular weight is 1000 g/mol. The second-order valence-corrected chi connectivity index (χ2v) is 21.0. The SMILES string of the molecule is CC/C=C\CC1OC1C/C=C\C/C=C\C/C=C\C/C=C\CCC(=O)O[C@H](COC(=O)CCCCCCCCCCCCCCCCCCCCC(C)C)COP(=O)(O)OC[C@@H](O)COP(=O)(O)O. The van der Waals surface area contributed by atoms with Gasteiger partial charge in [0.25, 0.3) is 0 Å². The minimum atomic E-state index is -4.88. The second-order valence-electron chi connectivity index (χ2n) is 18.3. The molecule has 1 fully saturated rings. The first-order chi connectivity index (χ1) is 32.7. The van der Waals surface area contributed by atoms with Gasteiger partial charge in [-0.05, 0) is 57.3 Å². The number of unbranched alkanes of at least 4 members (excludes halogenated alkanes) is 17. The summed E-state index contributed by atoms with van der Waals surface area (Å²) in [6.07, 6.45) is 48.4. The van der Waals surface area contributed by atoms with Gasteiger partial charge >= 0.3 is 27.6 Å². The van der Waals surface area contributed by atoms with Gasteiger partial charge in [-0.15, -0.1) is 0 Å². The Labute approximate surface area is 410 Å². The van der Waals surface area contributed by atoms with Gasteiger partial charge in [-0.2, -0.15) is 0 Å². The van der Waals surface area contributed by atoms with Crippen molar-refractivity contribution in [2.45, 2.75) is 225 Å². The number of rotatable bonds is 47. The molecule has 4 N–H and O–H groups in total. The van der Waals surface area contributed by atoms with E-state index in [4.69, 9.17) is 33.0 Å². The number of allylic oxidation sites excluding steroid dienone is 8. The predicted molar refractivity (Wildman–Crippen MR) is 271 cm³/mol. The van der Waals surface area contributed by atoms with E-state index < -0.39 is 66.2 Å². The molecule has 0 spiro atoms. The summed E-state index contributed by atoms with van der Waals surface area (Å²) in [5, 5.41) is 9.78. The maximum Gasteiger partial charge on any atom is 0.472 e. The summed E-state index contributed by atoms with van der Waals surface area (Å²) in [5.74, 6) is -0.298. The van der Waals surface area contributed by atoms with Crippen LogP contribution in [0.4, 0.5) is 0 Å². The Hall–Kier alpha value is -2.22. The average Bonchev–Trinajstić information content (AvgIpc) is 4.05. The number of aliphatic hydroxyl groups excluding tert-OH is 1. The van der Waals surface area contributed by atoms with Crippen molar-refractivity contribution in [2.24, 2.45) is 5.92 Å². The molecule has 0 aromatic rings. The summed E-state index contributed by atoms with van der Waals surface area (Å²) in [4.78, 5) is 52.9. The summed E-state index contributed by atoms with van der Waals surface area (Å²) in [5.41, 5.74) is 0. The lowest BCUT2D eigenvalue weighted by molar-refractivity contribution is -0.161. The zero-order valence-electron chi connectivity index (χ0n) is 42.1. The van der Waals surface area contributed by atoms with Crippen LogP contribution >= 0.6 is 15.6 Å². The van der Waals surface area contributed by atoms with E-state index in [1.165, 1.54) is 96.3 Å². The first kappa shape index (κ1) is 63.8. The van der Waals surface area contributed by atoms with Crippen LogP contribution in [0.15, 0.2) is 60.8 Å². The molecule has 68 heavy (non-hydrogen) atoms. The number of hydrogen-bond donors (Lipinski definition) is 4. The Kier molecular flexibility index (Phi) is 39.8. The predicted octanol–water partition coefficient (Wildman–Crippen LogP) is 13.2. The van der Waals surface area contributed by atoms with Gasteiger partial charge in [0.2, 0.25) is 0 Å². The first-order valence-electron chi connectivity index (χ1n) is 26.0. The maximum atomic E-state index is 12.7. The van der Waals surface area contributed by atoms with E-state index in [1.54, 1.807) is 0 Å². The second kappa shape index (κ2) is 42.5. The molecule has 0 aromatic heterocycles. The zero-order chi connectivity index (χ0) is 50.0. The Morgan fingerprint density at radius 2 is 0.985 bits per heavy atom. The minimum absolute atomic E-state index is 0.00239. The summed E-state index contributed by atoms with van der Waals surface area (Å²) in [7, 11) is -9.72. The van der Waals surface area contributed by atoms with Gasteiger partial charge in [0.15, 0.2) is 6.10 Å². The number of carbonyl (C=O) groups is 2. The van der Waals surface area contributed by atoms with E-state index in [9.17, 15) is 28.7 Å². The standard InChI is InChI=1S/C52H92O14P2/c1-4-5-32-38-49-50(66-49)39-34-29-25-21-17-14-15-19-23-27-31-36-41-52(55)65-48(45-64-68(59,60)63-43-47(53)42-62-67(56,57)58)44-61-51(54)40-35-30-26-22-18-13-11-9-7-6-8-10-12-16-20-24-28-33-37-46(2)3/h5,15,17,19,21,27,29,31-32,34,46-50,53H,4,6-14,16,18,20,22-26,28,30,33,35-45H2,1-3H3,(H,59,60)(H2,56,57,58)/b19-15-,21-17-,31-27-,32-5-,34-29-/t47-,48+,49?,50?/m0/s1. The van der Waals surface area contributed by atoms with Crippen LogP contribution in [-0.4, -0.2) is 82.6 Å². The molecule has 3 unspecified atom stereocenters. The quantitative estimate of drug-likeness (QED) is 0.0147. The summed E-state index contributed by atoms with van der Waals surface area (Å²) in [6, 6.07) is 0. The van der Waals surface area contributed by atoms with E-state index in [2.05, 4.69) is 67.8 Å². The van der Waals surface area contributed by atoms with E-state index in [1.807, 2.05) is 18.2 Å². The Balaban J connectivity index is 2.31. The molecule has 1 heterocycles. The molecule has 0 aliphatic carbocycles. The van der Waals surface area contributed by atoms with Gasteiger partial charge in [0.1, 0.15) is 12.7 Å². The van der Waals surface area contributed by atoms with Crippen molar-refractivity contribution in [3.8, 4) is 0 Å². The number of esters is 2. The molecule has 16 heteroatoms. The number of hydrogen-bond acceptors (Lipinski definition) is 11. The molecule has 0 radical (unpaired) electrons. The van der Waals surface area contributed by atoms with Crippen LogP contribution in [0.3, 0.4) is 0 Å². The monoisotopic (exact) mass is 1000 g/mol. The molecular weight excluding hydrogens is 911 g/mol. The fraction of sp³-hybridized carbons (Fsp3) is 0.769. The molecule has 1 aliphatic heterocycles. The molecular formula is C52H92O14P2. The lowest BCUT2D eigenvalue weighted by Gasteiger charge is -2.20. The first-order valence-corrected chi connectivity index (χ1v) is 29.0. The van der Waals surface area contributed by atoms with Crippen molar-refractivity contribution in [2.75, 3.05) is 26.4 Å². The van der Waals surface area contributed by atoms with Crippen LogP contribution in [0, 0.1) is 5.92 Å². The number of carbonyl (C=O) groups excluding carboxylic acids is 2. The molecule has 1 aliphatic rings. The summed E-state index contributed by atoms with van der Waals surface area (Å²) >= 11 is 0. The van der Waals surface area contributed by atoms with Gasteiger partial charge in [-0.25, -0.2) is 9.13 Å². The third-order valence-electron chi connectivity index (χ3n) is 11.3. The molecule has 14 nitrogen and oxygen atoms in total. The van der Waals surface area contributed by atoms with Crippen LogP contribution in [-0.2, 0) is 46.5 Å². The zero-order valence-corrected chi connectivity index (χ0v) is 43.8. The van der Waals surface area contributed by atoms with E-state index >= 15 is 0 Å². The van der Waals surface area contributed by atoms with E-state index in [0.717, 1.165) is 57.3 Å². The highest BCUT2D eigenvalue weighted by atomic mass is 31.2. The van der Waals surface area contributed by atoms with Crippen LogP contribution in [0.5, 0.6) is 0 Å². The van der Waals surface area contributed by atoms with Crippen LogP contribution < -0.4 is 0 Å². The van der Waals surface area contributed by atoms with Crippen molar-refractivity contribution in [1.82, 2.24) is 0 Å². The smallest absolute Gasteiger partial charge is 0.462 e. The molecule has 5 atom stereocenters. The topological polar surface area (TPSA) is 208 Å².